The number of pyridine rings is 2. The lowest BCUT2D eigenvalue weighted by atomic mass is 9.93. The Balaban J connectivity index is 2.20. The molecule has 2 heteroatoms. The number of rotatable bonds is 4. The average molecular weight is 284 g/mol. The second kappa shape index (κ2) is 6.64. The lowest BCUT2D eigenvalue weighted by Gasteiger charge is -2.12. The van der Waals surface area contributed by atoms with Crippen molar-refractivity contribution in [3.05, 3.63) is 102 Å². The van der Waals surface area contributed by atoms with Crippen LogP contribution in [-0.4, -0.2) is 9.97 Å². The van der Waals surface area contributed by atoms with E-state index in [0.717, 1.165) is 27.8 Å². The van der Waals surface area contributed by atoms with Crippen molar-refractivity contribution < 1.29 is 0 Å². The fraction of sp³-hybridized carbons (Fsp3) is 0. The zero-order valence-corrected chi connectivity index (χ0v) is 12.2. The van der Waals surface area contributed by atoms with Crippen LogP contribution in [0.3, 0.4) is 0 Å². The first-order valence-corrected chi connectivity index (χ1v) is 7.12. The van der Waals surface area contributed by atoms with Gasteiger partial charge in [-0.3, -0.25) is 9.97 Å². The summed E-state index contributed by atoms with van der Waals surface area (Å²) in [6, 6.07) is 16.3. The third-order valence-electron chi connectivity index (χ3n) is 3.48. The lowest BCUT2D eigenvalue weighted by molar-refractivity contribution is 1.31. The minimum absolute atomic E-state index is 1.11. The van der Waals surface area contributed by atoms with Gasteiger partial charge < -0.3 is 0 Å². The van der Waals surface area contributed by atoms with E-state index >= 15 is 0 Å². The van der Waals surface area contributed by atoms with Crippen molar-refractivity contribution in [2.45, 2.75) is 0 Å². The van der Waals surface area contributed by atoms with Crippen molar-refractivity contribution >= 4 is 17.7 Å². The zero-order chi connectivity index (χ0) is 15.2. The van der Waals surface area contributed by atoms with Gasteiger partial charge in [0.1, 0.15) is 0 Å². The molecule has 0 radical (unpaired) electrons. The van der Waals surface area contributed by atoms with Gasteiger partial charge in [0.05, 0.1) is 0 Å². The maximum atomic E-state index is 4.11. The molecule has 0 saturated carbocycles. The molecular weight excluding hydrogens is 268 g/mol. The van der Waals surface area contributed by atoms with Crippen LogP contribution in [0.4, 0.5) is 0 Å². The molecule has 3 rings (SSSR count). The van der Waals surface area contributed by atoms with Crippen LogP contribution < -0.4 is 0 Å². The average Bonchev–Trinajstić information content (AvgIpc) is 2.61. The highest BCUT2D eigenvalue weighted by Crippen LogP contribution is 2.28. The maximum absolute atomic E-state index is 4.11. The van der Waals surface area contributed by atoms with E-state index in [9.17, 15) is 0 Å². The SMILES string of the molecule is C=Cc1ccccc1/C(=C/c1ccncc1)c1ccncc1. The monoisotopic (exact) mass is 284 g/mol. The van der Waals surface area contributed by atoms with Gasteiger partial charge in [0.2, 0.25) is 0 Å². The van der Waals surface area contributed by atoms with Crippen LogP contribution in [0.25, 0.3) is 17.7 Å². The van der Waals surface area contributed by atoms with E-state index in [-0.39, 0.29) is 0 Å². The zero-order valence-electron chi connectivity index (χ0n) is 12.2. The van der Waals surface area contributed by atoms with Gasteiger partial charge in [-0.1, -0.05) is 36.9 Å². The van der Waals surface area contributed by atoms with Crippen molar-refractivity contribution in [1.29, 1.82) is 0 Å². The Morgan fingerprint density at radius 3 is 2.14 bits per heavy atom. The first-order valence-electron chi connectivity index (χ1n) is 7.12. The minimum Gasteiger partial charge on any atom is -0.265 e. The smallest absolute Gasteiger partial charge is 0.0273 e. The van der Waals surface area contributed by atoms with Gasteiger partial charge in [-0.25, -0.2) is 0 Å². The molecule has 0 amide bonds. The predicted octanol–water partition coefficient (Wildman–Crippen LogP) is 4.71. The van der Waals surface area contributed by atoms with E-state index in [1.165, 1.54) is 0 Å². The topological polar surface area (TPSA) is 25.8 Å². The molecule has 2 aromatic heterocycles. The highest BCUT2D eigenvalue weighted by Gasteiger charge is 2.08. The summed E-state index contributed by atoms with van der Waals surface area (Å²) in [7, 11) is 0. The first kappa shape index (κ1) is 14.0. The standard InChI is InChI=1S/C20H16N2/c1-2-17-5-3-4-6-19(17)20(18-9-13-22-14-10-18)15-16-7-11-21-12-8-16/h2-15H,1H2/b20-15+. The molecule has 0 aliphatic heterocycles. The molecule has 3 aromatic rings. The van der Waals surface area contributed by atoms with Crippen LogP contribution in [0.15, 0.2) is 79.9 Å². The van der Waals surface area contributed by atoms with Gasteiger partial charge in [0, 0.05) is 24.8 Å². The van der Waals surface area contributed by atoms with Crippen LogP contribution >= 0.6 is 0 Å². The third-order valence-corrected chi connectivity index (χ3v) is 3.48. The normalized spacial score (nSPS) is 11.2. The number of hydrogen-bond donors (Lipinski definition) is 0. The van der Waals surface area contributed by atoms with E-state index < -0.39 is 0 Å². The quantitative estimate of drug-likeness (QED) is 0.693. The molecule has 0 N–H and O–H groups in total. The van der Waals surface area contributed by atoms with Crippen LogP contribution in [0.2, 0.25) is 0 Å². The number of benzene rings is 1. The summed E-state index contributed by atoms with van der Waals surface area (Å²) in [5.41, 5.74) is 5.64. The predicted molar refractivity (Wildman–Crippen MR) is 92.0 cm³/mol. The largest absolute Gasteiger partial charge is 0.265 e. The Morgan fingerprint density at radius 1 is 0.818 bits per heavy atom. The van der Waals surface area contributed by atoms with Crippen molar-refractivity contribution in [2.24, 2.45) is 0 Å². The van der Waals surface area contributed by atoms with Crippen LogP contribution in [-0.2, 0) is 0 Å². The summed E-state index contributed by atoms with van der Waals surface area (Å²) in [4.78, 5) is 8.19. The van der Waals surface area contributed by atoms with Gasteiger partial charge in [0.25, 0.3) is 0 Å². The van der Waals surface area contributed by atoms with E-state index in [1.54, 1.807) is 12.4 Å². The molecule has 106 valence electrons. The van der Waals surface area contributed by atoms with E-state index in [0.29, 0.717) is 0 Å². The number of hydrogen-bond acceptors (Lipinski definition) is 2. The summed E-state index contributed by atoms with van der Waals surface area (Å²) >= 11 is 0. The molecule has 1 aromatic carbocycles. The molecule has 22 heavy (non-hydrogen) atoms. The molecular formula is C20H16N2. The number of aromatic nitrogens is 2. The Kier molecular flexibility index (Phi) is 4.21. The molecule has 0 unspecified atom stereocenters. The first-order chi connectivity index (χ1) is 10.9. The minimum atomic E-state index is 1.11. The Bertz CT molecular complexity index is 790. The molecule has 0 saturated heterocycles. The van der Waals surface area contributed by atoms with Gasteiger partial charge in [0.15, 0.2) is 0 Å². The van der Waals surface area contributed by atoms with Crippen LogP contribution in [0.1, 0.15) is 22.3 Å². The summed E-state index contributed by atoms with van der Waals surface area (Å²) in [6.07, 6.45) is 11.3. The third kappa shape index (κ3) is 3.01. The second-order valence-electron chi connectivity index (χ2n) is 4.87. The molecule has 0 spiro atoms. The lowest BCUT2D eigenvalue weighted by Crippen LogP contribution is -1.92. The molecule has 0 aliphatic carbocycles. The maximum Gasteiger partial charge on any atom is 0.0273 e. The summed E-state index contributed by atoms with van der Waals surface area (Å²) < 4.78 is 0. The molecule has 0 bridgehead atoms. The molecule has 0 atom stereocenters. The van der Waals surface area contributed by atoms with E-state index in [2.05, 4.69) is 34.8 Å². The molecule has 2 heterocycles. The van der Waals surface area contributed by atoms with Gasteiger partial charge in [-0.15, -0.1) is 0 Å². The van der Waals surface area contributed by atoms with Crippen molar-refractivity contribution in [2.75, 3.05) is 0 Å². The van der Waals surface area contributed by atoms with Gasteiger partial charge in [-0.05, 0) is 58.2 Å². The fourth-order valence-electron chi connectivity index (χ4n) is 2.39. The van der Waals surface area contributed by atoms with Crippen molar-refractivity contribution in [3.8, 4) is 0 Å². The fourth-order valence-corrected chi connectivity index (χ4v) is 2.39. The highest BCUT2D eigenvalue weighted by atomic mass is 14.6. The van der Waals surface area contributed by atoms with Gasteiger partial charge in [-0.2, -0.15) is 0 Å². The summed E-state index contributed by atoms with van der Waals surface area (Å²) in [6.45, 7) is 3.93. The molecule has 2 nitrogen and oxygen atoms in total. The van der Waals surface area contributed by atoms with E-state index in [4.69, 9.17) is 0 Å². The van der Waals surface area contributed by atoms with Crippen LogP contribution in [0.5, 0.6) is 0 Å². The van der Waals surface area contributed by atoms with Crippen molar-refractivity contribution in [1.82, 2.24) is 9.97 Å². The number of nitrogens with zero attached hydrogens (tertiary/aromatic N) is 2. The summed E-state index contributed by atoms with van der Waals surface area (Å²) in [5, 5.41) is 0. The van der Waals surface area contributed by atoms with Crippen molar-refractivity contribution in [3.63, 3.8) is 0 Å². The summed E-state index contributed by atoms with van der Waals surface area (Å²) in [5.74, 6) is 0. The second-order valence-corrected chi connectivity index (χ2v) is 4.87. The Labute approximate surface area is 130 Å². The van der Waals surface area contributed by atoms with Crippen LogP contribution in [0, 0.1) is 0 Å². The Morgan fingerprint density at radius 2 is 1.45 bits per heavy atom. The van der Waals surface area contributed by atoms with E-state index in [1.807, 2.05) is 54.9 Å². The molecule has 0 fully saturated rings. The Hall–Kier alpha value is -3.00. The molecule has 0 aliphatic rings. The highest BCUT2D eigenvalue weighted by molar-refractivity contribution is 5.93. The van der Waals surface area contributed by atoms with Gasteiger partial charge >= 0.3 is 0 Å².